The number of aromatic nitrogens is 3. The van der Waals surface area contributed by atoms with Gasteiger partial charge in [0.1, 0.15) is 0 Å². The average molecular weight is 473 g/mol. The molecule has 0 atom stereocenters. The number of nitro groups is 1. The van der Waals surface area contributed by atoms with Gasteiger partial charge >= 0.3 is 0 Å². The maximum absolute atomic E-state index is 12.3. The third-order valence-electron chi connectivity index (χ3n) is 4.80. The monoisotopic (exact) mass is 472 g/mol. The predicted molar refractivity (Wildman–Crippen MR) is 131 cm³/mol. The topological polar surface area (TPSA) is 115 Å². The molecule has 1 aromatic heterocycles. The van der Waals surface area contributed by atoms with Gasteiger partial charge in [-0.1, -0.05) is 59.8 Å². The van der Waals surface area contributed by atoms with Gasteiger partial charge < -0.3 is 0 Å². The Balaban J connectivity index is 1.46. The lowest BCUT2D eigenvalue weighted by molar-refractivity contribution is -0.384. The molecular weight excluding hydrogens is 452 g/mol. The molecule has 4 rings (SSSR count). The molecule has 34 heavy (non-hydrogen) atoms. The molecule has 0 aliphatic heterocycles. The normalized spacial score (nSPS) is 11.0. The number of benzene rings is 3. The zero-order valence-electron chi connectivity index (χ0n) is 18.2. The number of thioether (sulfide) groups is 1. The largest absolute Gasteiger partial charge is 0.272 e. The van der Waals surface area contributed by atoms with Crippen molar-refractivity contribution in [3.05, 3.63) is 100 Å². The minimum Gasteiger partial charge on any atom is -0.272 e. The lowest BCUT2D eigenvalue weighted by Gasteiger charge is -2.10. The number of nitro benzene ring substituents is 1. The summed E-state index contributed by atoms with van der Waals surface area (Å²) in [7, 11) is 0. The molecule has 1 heterocycles. The second-order valence-corrected chi connectivity index (χ2v) is 8.22. The zero-order valence-corrected chi connectivity index (χ0v) is 19.0. The second kappa shape index (κ2) is 10.5. The molecule has 0 bridgehead atoms. The predicted octanol–water partition coefficient (Wildman–Crippen LogP) is 4.39. The van der Waals surface area contributed by atoms with Crippen molar-refractivity contribution < 1.29 is 9.72 Å². The second-order valence-electron chi connectivity index (χ2n) is 7.27. The van der Waals surface area contributed by atoms with Crippen LogP contribution in [0.5, 0.6) is 0 Å². The number of non-ortho nitro benzene ring substituents is 1. The Morgan fingerprint density at radius 1 is 1.06 bits per heavy atom. The van der Waals surface area contributed by atoms with E-state index >= 15 is 0 Å². The van der Waals surface area contributed by atoms with Crippen molar-refractivity contribution in [2.24, 2.45) is 5.10 Å². The Kier molecular flexibility index (Phi) is 7.09. The lowest BCUT2D eigenvalue weighted by Crippen LogP contribution is -2.20. The average Bonchev–Trinajstić information content (AvgIpc) is 3.28. The summed E-state index contributed by atoms with van der Waals surface area (Å²) in [5.74, 6) is 0.447. The number of hydrogen-bond donors (Lipinski definition) is 1. The first-order valence-corrected chi connectivity index (χ1v) is 11.3. The van der Waals surface area contributed by atoms with Crippen LogP contribution in [0.4, 0.5) is 5.69 Å². The molecule has 1 amide bonds. The van der Waals surface area contributed by atoms with Crippen LogP contribution in [0.15, 0.2) is 89.1 Å². The van der Waals surface area contributed by atoms with Gasteiger partial charge in [-0.2, -0.15) is 5.10 Å². The molecule has 0 aliphatic rings. The van der Waals surface area contributed by atoms with Crippen molar-refractivity contribution in [2.75, 3.05) is 5.75 Å². The third-order valence-corrected chi connectivity index (χ3v) is 5.73. The number of amides is 1. The van der Waals surface area contributed by atoms with Gasteiger partial charge in [0.2, 0.25) is 0 Å². The van der Waals surface area contributed by atoms with E-state index in [0.717, 1.165) is 16.8 Å². The first-order valence-electron chi connectivity index (χ1n) is 10.3. The fourth-order valence-electron chi connectivity index (χ4n) is 3.09. The van der Waals surface area contributed by atoms with E-state index in [-0.39, 0.29) is 17.3 Å². The summed E-state index contributed by atoms with van der Waals surface area (Å²) < 4.78 is 1.92. The molecule has 0 saturated heterocycles. The van der Waals surface area contributed by atoms with Gasteiger partial charge in [-0.25, -0.2) is 5.43 Å². The molecule has 0 radical (unpaired) electrons. The summed E-state index contributed by atoms with van der Waals surface area (Å²) in [5.41, 5.74) is 6.03. The molecular formula is C24H20N6O3S. The van der Waals surface area contributed by atoms with E-state index in [1.807, 2.05) is 66.1 Å². The summed E-state index contributed by atoms with van der Waals surface area (Å²) in [6, 6.07) is 23.6. The molecule has 0 fully saturated rings. The molecule has 170 valence electrons. The summed E-state index contributed by atoms with van der Waals surface area (Å²) in [6.45, 7) is 2.02. The van der Waals surface area contributed by atoms with Gasteiger partial charge in [0.15, 0.2) is 11.0 Å². The Labute approximate surface area is 199 Å². The molecule has 3 aromatic carbocycles. The Hall–Kier alpha value is -4.31. The van der Waals surface area contributed by atoms with Crippen molar-refractivity contribution in [1.29, 1.82) is 0 Å². The van der Waals surface area contributed by atoms with Crippen molar-refractivity contribution in [3.8, 4) is 17.1 Å². The highest BCUT2D eigenvalue weighted by molar-refractivity contribution is 7.99. The van der Waals surface area contributed by atoms with Crippen molar-refractivity contribution in [1.82, 2.24) is 20.2 Å². The Bertz CT molecular complexity index is 1320. The highest BCUT2D eigenvalue weighted by Gasteiger charge is 2.17. The number of hydrazone groups is 1. The van der Waals surface area contributed by atoms with Crippen molar-refractivity contribution >= 4 is 29.6 Å². The summed E-state index contributed by atoms with van der Waals surface area (Å²) in [4.78, 5) is 22.6. The zero-order chi connectivity index (χ0) is 23.9. The van der Waals surface area contributed by atoms with Crippen LogP contribution in [0.2, 0.25) is 0 Å². The molecule has 4 aromatic rings. The summed E-state index contributed by atoms with van der Waals surface area (Å²) in [6.07, 6.45) is 1.43. The van der Waals surface area contributed by atoms with E-state index in [9.17, 15) is 14.9 Å². The van der Waals surface area contributed by atoms with Crippen molar-refractivity contribution in [2.45, 2.75) is 12.1 Å². The molecule has 0 saturated carbocycles. The Morgan fingerprint density at radius 2 is 1.76 bits per heavy atom. The quantitative estimate of drug-likeness (QED) is 0.176. The van der Waals surface area contributed by atoms with Crippen LogP contribution in [0.1, 0.15) is 11.1 Å². The summed E-state index contributed by atoms with van der Waals surface area (Å²) in [5, 5.41) is 23.9. The van der Waals surface area contributed by atoms with Crippen LogP contribution in [0.25, 0.3) is 17.1 Å². The Morgan fingerprint density at radius 3 is 2.44 bits per heavy atom. The van der Waals surface area contributed by atoms with Gasteiger partial charge in [0.05, 0.1) is 16.9 Å². The molecule has 9 nitrogen and oxygen atoms in total. The number of carbonyl (C=O) groups excluding carboxylic acids is 1. The molecule has 0 unspecified atom stereocenters. The number of carbonyl (C=O) groups is 1. The maximum Gasteiger partial charge on any atom is 0.269 e. The van der Waals surface area contributed by atoms with Crippen LogP contribution in [0, 0.1) is 17.0 Å². The van der Waals surface area contributed by atoms with Gasteiger partial charge in [-0.05, 0) is 36.8 Å². The molecule has 10 heteroatoms. The maximum atomic E-state index is 12.3. The fourth-order valence-corrected chi connectivity index (χ4v) is 3.83. The number of hydrogen-bond acceptors (Lipinski definition) is 7. The number of nitrogens with one attached hydrogen (secondary N) is 1. The van der Waals surface area contributed by atoms with Crippen LogP contribution in [-0.4, -0.2) is 37.6 Å². The number of rotatable bonds is 8. The van der Waals surface area contributed by atoms with Crippen LogP contribution in [-0.2, 0) is 4.79 Å². The number of nitrogens with zero attached hydrogens (tertiary/aromatic N) is 5. The van der Waals surface area contributed by atoms with E-state index < -0.39 is 4.92 Å². The van der Waals surface area contributed by atoms with Gasteiger partial charge in [-0.3, -0.25) is 19.5 Å². The first-order chi connectivity index (χ1) is 16.5. The van der Waals surface area contributed by atoms with Crippen LogP contribution < -0.4 is 5.43 Å². The first kappa shape index (κ1) is 22.9. The van der Waals surface area contributed by atoms with Gasteiger partial charge in [-0.15, -0.1) is 10.2 Å². The van der Waals surface area contributed by atoms with E-state index in [0.29, 0.717) is 16.5 Å². The van der Waals surface area contributed by atoms with E-state index in [2.05, 4.69) is 20.7 Å². The fraction of sp³-hybridized carbons (Fsp3) is 0.0833. The lowest BCUT2D eigenvalue weighted by atomic mass is 10.2. The van der Waals surface area contributed by atoms with Crippen LogP contribution in [0.3, 0.4) is 0 Å². The minimum atomic E-state index is -0.474. The highest BCUT2D eigenvalue weighted by atomic mass is 32.2. The third kappa shape index (κ3) is 5.54. The SMILES string of the molecule is Cc1ccc(-n2c(SCC(=O)NN=Cc3ccc([N+](=O)[O-])cc3)nnc2-c2ccccc2)cc1. The van der Waals surface area contributed by atoms with Gasteiger partial charge in [0, 0.05) is 23.4 Å². The molecule has 0 aliphatic carbocycles. The highest BCUT2D eigenvalue weighted by Crippen LogP contribution is 2.28. The van der Waals surface area contributed by atoms with Gasteiger partial charge in [0.25, 0.3) is 11.6 Å². The summed E-state index contributed by atoms with van der Waals surface area (Å²) >= 11 is 1.25. The standard InChI is InChI=1S/C24H20N6O3S/c1-17-7-11-20(12-8-17)29-23(19-5-3-2-4-6-19)27-28-24(29)34-16-22(31)26-25-15-18-9-13-21(14-10-18)30(32)33/h2-15H,16H2,1H3,(H,26,31). The van der Waals surface area contributed by atoms with E-state index in [1.54, 1.807) is 12.1 Å². The molecule has 0 spiro atoms. The number of aryl methyl sites for hydroxylation is 1. The smallest absolute Gasteiger partial charge is 0.269 e. The minimum absolute atomic E-state index is 0.00912. The van der Waals surface area contributed by atoms with E-state index in [1.165, 1.54) is 30.1 Å². The molecule has 1 N–H and O–H groups in total. The van der Waals surface area contributed by atoms with Crippen molar-refractivity contribution in [3.63, 3.8) is 0 Å². The van der Waals surface area contributed by atoms with E-state index in [4.69, 9.17) is 0 Å². The van der Waals surface area contributed by atoms with Crippen LogP contribution >= 0.6 is 11.8 Å².